The second-order valence-corrected chi connectivity index (χ2v) is 3.87. The number of aromatic nitrogens is 2. The molecule has 18 heavy (non-hydrogen) atoms. The van der Waals surface area contributed by atoms with Gasteiger partial charge in [-0.3, -0.25) is 10.1 Å². The van der Waals surface area contributed by atoms with Crippen molar-refractivity contribution in [1.82, 2.24) is 15.5 Å². The summed E-state index contributed by atoms with van der Waals surface area (Å²) >= 11 is 0. The SMILES string of the molecule is CC(NCc1nnc(-c2ccccc2)o1)C(N)=O. The number of nitrogens with one attached hydrogen (secondary N) is 1. The van der Waals surface area contributed by atoms with Crippen molar-refractivity contribution in [3.05, 3.63) is 36.2 Å². The van der Waals surface area contributed by atoms with Gasteiger partial charge in [-0.05, 0) is 19.1 Å². The molecule has 0 saturated heterocycles. The lowest BCUT2D eigenvalue weighted by molar-refractivity contribution is -0.119. The van der Waals surface area contributed by atoms with Crippen molar-refractivity contribution in [2.75, 3.05) is 0 Å². The van der Waals surface area contributed by atoms with E-state index in [1.807, 2.05) is 30.3 Å². The van der Waals surface area contributed by atoms with Crippen LogP contribution in [0.2, 0.25) is 0 Å². The molecule has 0 spiro atoms. The zero-order valence-corrected chi connectivity index (χ0v) is 9.96. The lowest BCUT2D eigenvalue weighted by Gasteiger charge is -2.06. The predicted octanol–water partition coefficient (Wildman–Crippen LogP) is 0.700. The Balaban J connectivity index is 2.01. The number of carbonyl (C=O) groups excluding carboxylic acids is 1. The second-order valence-electron chi connectivity index (χ2n) is 3.87. The van der Waals surface area contributed by atoms with E-state index < -0.39 is 11.9 Å². The van der Waals surface area contributed by atoms with Crippen LogP contribution < -0.4 is 11.1 Å². The van der Waals surface area contributed by atoms with Crippen LogP contribution in [0.1, 0.15) is 12.8 Å². The Bertz CT molecular complexity index is 524. The van der Waals surface area contributed by atoms with Gasteiger partial charge in [0.05, 0.1) is 12.6 Å². The largest absolute Gasteiger partial charge is 0.419 e. The first-order valence-electron chi connectivity index (χ1n) is 5.57. The Morgan fingerprint density at radius 3 is 2.78 bits per heavy atom. The number of benzene rings is 1. The van der Waals surface area contributed by atoms with Gasteiger partial charge in [0.25, 0.3) is 0 Å². The number of amides is 1. The topological polar surface area (TPSA) is 94.0 Å². The minimum absolute atomic E-state index is 0.309. The quantitative estimate of drug-likeness (QED) is 0.809. The van der Waals surface area contributed by atoms with Gasteiger partial charge in [-0.25, -0.2) is 0 Å². The number of hydrogen-bond acceptors (Lipinski definition) is 5. The maximum atomic E-state index is 10.8. The highest BCUT2D eigenvalue weighted by Crippen LogP contribution is 2.16. The Labute approximate surface area is 104 Å². The molecule has 1 unspecified atom stereocenters. The third-order valence-electron chi connectivity index (χ3n) is 2.47. The minimum Gasteiger partial charge on any atom is -0.419 e. The molecular formula is C12H14N4O2. The molecule has 0 aliphatic rings. The molecule has 94 valence electrons. The van der Waals surface area contributed by atoms with Gasteiger partial charge in [-0.15, -0.1) is 10.2 Å². The summed E-state index contributed by atoms with van der Waals surface area (Å²) in [5.74, 6) is 0.457. The Morgan fingerprint density at radius 2 is 2.11 bits per heavy atom. The molecule has 1 aromatic heterocycles. The van der Waals surface area contributed by atoms with Crippen molar-refractivity contribution in [3.63, 3.8) is 0 Å². The van der Waals surface area contributed by atoms with Gasteiger partial charge in [0.1, 0.15) is 0 Å². The van der Waals surface area contributed by atoms with E-state index >= 15 is 0 Å². The molecule has 0 radical (unpaired) electrons. The summed E-state index contributed by atoms with van der Waals surface area (Å²) in [5.41, 5.74) is 5.99. The summed E-state index contributed by atoms with van der Waals surface area (Å²) in [6.07, 6.45) is 0. The molecule has 1 atom stereocenters. The Morgan fingerprint density at radius 1 is 1.39 bits per heavy atom. The number of carbonyl (C=O) groups is 1. The summed E-state index contributed by atoms with van der Waals surface area (Å²) in [7, 11) is 0. The minimum atomic E-state index is -0.433. The molecule has 1 aromatic carbocycles. The highest BCUT2D eigenvalue weighted by molar-refractivity contribution is 5.79. The van der Waals surface area contributed by atoms with Gasteiger partial charge in [-0.2, -0.15) is 0 Å². The van der Waals surface area contributed by atoms with Crippen molar-refractivity contribution in [2.24, 2.45) is 5.73 Å². The molecule has 0 aliphatic carbocycles. The first-order valence-corrected chi connectivity index (χ1v) is 5.57. The summed E-state index contributed by atoms with van der Waals surface area (Å²) < 4.78 is 5.46. The number of hydrogen-bond donors (Lipinski definition) is 2. The molecule has 0 bridgehead atoms. The van der Waals surface area contributed by atoms with Crippen LogP contribution in [0.5, 0.6) is 0 Å². The van der Waals surface area contributed by atoms with Crippen molar-refractivity contribution in [2.45, 2.75) is 19.5 Å². The summed E-state index contributed by atoms with van der Waals surface area (Å²) in [6.45, 7) is 1.99. The molecule has 0 aliphatic heterocycles. The van der Waals surface area contributed by atoms with Crippen LogP contribution in [0.3, 0.4) is 0 Å². The molecule has 0 fully saturated rings. The van der Waals surface area contributed by atoms with E-state index in [-0.39, 0.29) is 0 Å². The zero-order chi connectivity index (χ0) is 13.0. The van der Waals surface area contributed by atoms with Crippen LogP contribution in [0.4, 0.5) is 0 Å². The Kier molecular flexibility index (Phi) is 3.69. The van der Waals surface area contributed by atoms with Gasteiger partial charge < -0.3 is 10.2 Å². The number of nitrogens with two attached hydrogens (primary N) is 1. The van der Waals surface area contributed by atoms with Gasteiger partial charge in [0, 0.05) is 5.56 Å². The number of primary amides is 1. The van der Waals surface area contributed by atoms with Gasteiger partial charge >= 0.3 is 0 Å². The Hall–Kier alpha value is -2.21. The van der Waals surface area contributed by atoms with Crippen LogP contribution in [0.15, 0.2) is 34.7 Å². The fraction of sp³-hybridized carbons (Fsp3) is 0.250. The third kappa shape index (κ3) is 2.92. The van der Waals surface area contributed by atoms with E-state index in [0.717, 1.165) is 5.56 Å². The van der Waals surface area contributed by atoms with E-state index in [0.29, 0.717) is 18.3 Å². The molecule has 2 rings (SSSR count). The van der Waals surface area contributed by atoms with Crippen LogP contribution in [0.25, 0.3) is 11.5 Å². The van der Waals surface area contributed by atoms with Crippen molar-refractivity contribution in [1.29, 1.82) is 0 Å². The monoisotopic (exact) mass is 246 g/mol. The second kappa shape index (κ2) is 5.42. The first kappa shape index (κ1) is 12.3. The average Bonchev–Trinajstić information content (AvgIpc) is 2.85. The molecule has 1 heterocycles. The van der Waals surface area contributed by atoms with E-state index in [9.17, 15) is 4.79 Å². The van der Waals surface area contributed by atoms with Crippen molar-refractivity contribution < 1.29 is 9.21 Å². The fourth-order valence-electron chi connectivity index (χ4n) is 1.36. The van der Waals surface area contributed by atoms with E-state index in [2.05, 4.69) is 15.5 Å². The molecule has 3 N–H and O–H groups in total. The van der Waals surface area contributed by atoms with Gasteiger partial charge in [0.15, 0.2) is 0 Å². The van der Waals surface area contributed by atoms with Crippen LogP contribution >= 0.6 is 0 Å². The standard InChI is InChI=1S/C12H14N4O2/c1-8(11(13)17)14-7-10-15-16-12(18-10)9-5-3-2-4-6-9/h2-6,8,14H,7H2,1H3,(H2,13,17). The van der Waals surface area contributed by atoms with E-state index in [4.69, 9.17) is 10.2 Å². The van der Waals surface area contributed by atoms with Crippen LogP contribution in [0, 0.1) is 0 Å². The first-order chi connectivity index (χ1) is 8.66. The fourth-order valence-corrected chi connectivity index (χ4v) is 1.36. The predicted molar refractivity (Wildman–Crippen MR) is 65.2 cm³/mol. The summed E-state index contributed by atoms with van der Waals surface area (Å²) in [6, 6.07) is 9.04. The number of rotatable bonds is 5. The van der Waals surface area contributed by atoms with Gasteiger partial charge in [-0.1, -0.05) is 18.2 Å². The van der Waals surface area contributed by atoms with E-state index in [1.54, 1.807) is 6.92 Å². The highest BCUT2D eigenvalue weighted by atomic mass is 16.4. The van der Waals surface area contributed by atoms with Gasteiger partial charge in [0.2, 0.25) is 17.7 Å². The van der Waals surface area contributed by atoms with Crippen molar-refractivity contribution in [3.8, 4) is 11.5 Å². The summed E-state index contributed by atoms with van der Waals surface area (Å²) in [4.78, 5) is 10.8. The lowest BCUT2D eigenvalue weighted by atomic mass is 10.2. The van der Waals surface area contributed by atoms with Crippen LogP contribution in [-0.2, 0) is 11.3 Å². The smallest absolute Gasteiger partial charge is 0.247 e. The number of nitrogens with zero attached hydrogens (tertiary/aromatic N) is 2. The third-order valence-corrected chi connectivity index (χ3v) is 2.47. The maximum Gasteiger partial charge on any atom is 0.247 e. The zero-order valence-electron chi connectivity index (χ0n) is 9.96. The molecule has 1 amide bonds. The van der Waals surface area contributed by atoms with Crippen molar-refractivity contribution >= 4 is 5.91 Å². The maximum absolute atomic E-state index is 10.8. The molecule has 0 saturated carbocycles. The average molecular weight is 246 g/mol. The normalized spacial score (nSPS) is 12.3. The summed E-state index contributed by atoms with van der Waals surface area (Å²) in [5, 5.41) is 10.7. The highest BCUT2D eigenvalue weighted by Gasteiger charge is 2.11. The molecule has 2 aromatic rings. The van der Waals surface area contributed by atoms with Crippen LogP contribution in [-0.4, -0.2) is 22.1 Å². The molecule has 6 nitrogen and oxygen atoms in total. The molecule has 6 heteroatoms. The molecular weight excluding hydrogens is 232 g/mol. The van der Waals surface area contributed by atoms with E-state index in [1.165, 1.54) is 0 Å². The lowest BCUT2D eigenvalue weighted by Crippen LogP contribution is -2.38.